The molecule has 2 aromatic rings. The fraction of sp³-hybridized carbons (Fsp3) is 0.0833. The molecule has 0 bridgehead atoms. The van der Waals surface area contributed by atoms with E-state index in [1.54, 1.807) is 18.2 Å². The fourth-order valence-electron chi connectivity index (χ4n) is 1.37. The van der Waals surface area contributed by atoms with Crippen LogP contribution in [0.5, 0.6) is 0 Å². The van der Waals surface area contributed by atoms with E-state index in [1.165, 1.54) is 11.3 Å². The molecule has 0 fully saturated rings. The molecule has 0 spiro atoms. The predicted molar refractivity (Wildman–Crippen MR) is 77.8 cm³/mol. The summed E-state index contributed by atoms with van der Waals surface area (Å²) in [6.45, 7) is 0.587. The van der Waals surface area contributed by atoms with Crippen LogP contribution in [0.2, 0.25) is 15.1 Å². The Kier molecular flexibility index (Phi) is 4.36. The Morgan fingerprint density at radius 3 is 2.50 bits per heavy atom. The Morgan fingerprint density at radius 2 is 1.83 bits per heavy atom. The van der Waals surface area contributed by atoms with Crippen molar-refractivity contribution in [3.63, 3.8) is 0 Å². The van der Waals surface area contributed by atoms with Crippen LogP contribution in [0.3, 0.4) is 0 Å². The second kappa shape index (κ2) is 5.81. The first-order valence-electron chi connectivity index (χ1n) is 4.97. The number of rotatable bonds is 3. The molecule has 0 aliphatic rings. The molecule has 18 heavy (non-hydrogen) atoms. The van der Waals surface area contributed by atoms with Crippen LogP contribution in [0.25, 0.3) is 0 Å². The zero-order valence-electron chi connectivity index (χ0n) is 9.01. The largest absolute Gasteiger partial charge is 0.379 e. The summed E-state index contributed by atoms with van der Waals surface area (Å²) in [5.41, 5.74) is 0.720. The lowest BCUT2D eigenvalue weighted by atomic mass is 10.3. The highest BCUT2D eigenvalue weighted by atomic mass is 35.5. The third-order valence-electron chi connectivity index (χ3n) is 2.23. The van der Waals surface area contributed by atoms with Gasteiger partial charge in [0.1, 0.15) is 10.9 Å². The van der Waals surface area contributed by atoms with Gasteiger partial charge in [-0.2, -0.15) is 5.26 Å². The van der Waals surface area contributed by atoms with Crippen molar-refractivity contribution in [1.29, 1.82) is 5.26 Å². The van der Waals surface area contributed by atoms with Gasteiger partial charge < -0.3 is 5.32 Å². The Hall–Kier alpha value is -0.920. The van der Waals surface area contributed by atoms with E-state index in [9.17, 15) is 0 Å². The normalized spacial score (nSPS) is 10.1. The molecule has 0 aliphatic heterocycles. The van der Waals surface area contributed by atoms with Crippen LogP contribution >= 0.6 is 46.1 Å². The predicted octanol–water partition coefficient (Wildman–Crippen LogP) is 5.19. The maximum atomic E-state index is 8.73. The van der Waals surface area contributed by atoms with Crippen molar-refractivity contribution in [1.82, 2.24) is 0 Å². The maximum Gasteiger partial charge on any atom is 0.110 e. The molecular weight excluding hydrogens is 311 g/mol. The van der Waals surface area contributed by atoms with Crippen LogP contribution in [-0.2, 0) is 6.54 Å². The Bertz CT molecular complexity index is 616. The first kappa shape index (κ1) is 13.5. The SMILES string of the molecule is N#Cc1ccc(CNc2cc(Cl)c(Cl)cc2Cl)s1. The summed E-state index contributed by atoms with van der Waals surface area (Å²) in [5.74, 6) is 0. The molecule has 0 radical (unpaired) electrons. The zero-order chi connectivity index (χ0) is 13.1. The van der Waals surface area contributed by atoms with Crippen molar-refractivity contribution in [2.45, 2.75) is 6.54 Å². The van der Waals surface area contributed by atoms with E-state index in [0.29, 0.717) is 26.5 Å². The summed E-state index contributed by atoms with van der Waals surface area (Å²) >= 11 is 19.3. The molecule has 0 saturated heterocycles. The molecule has 1 aromatic carbocycles. The van der Waals surface area contributed by atoms with Crippen LogP contribution in [-0.4, -0.2) is 0 Å². The van der Waals surface area contributed by atoms with Crippen LogP contribution in [0.1, 0.15) is 9.75 Å². The molecule has 6 heteroatoms. The summed E-state index contributed by atoms with van der Waals surface area (Å²) in [5, 5.41) is 13.3. The van der Waals surface area contributed by atoms with E-state index in [4.69, 9.17) is 40.1 Å². The van der Waals surface area contributed by atoms with E-state index in [-0.39, 0.29) is 0 Å². The summed E-state index contributed by atoms with van der Waals surface area (Å²) in [4.78, 5) is 1.74. The van der Waals surface area contributed by atoms with Gasteiger partial charge in [-0.15, -0.1) is 11.3 Å². The maximum absolute atomic E-state index is 8.73. The lowest BCUT2D eigenvalue weighted by Crippen LogP contribution is -1.98. The molecule has 0 aliphatic carbocycles. The minimum absolute atomic E-state index is 0.426. The van der Waals surface area contributed by atoms with Gasteiger partial charge in [0.15, 0.2) is 0 Å². The Balaban J connectivity index is 2.11. The van der Waals surface area contributed by atoms with Crippen molar-refractivity contribution in [2.75, 3.05) is 5.32 Å². The molecule has 0 amide bonds. The van der Waals surface area contributed by atoms with Gasteiger partial charge in [-0.05, 0) is 24.3 Å². The third kappa shape index (κ3) is 3.09. The molecule has 1 N–H and O–H groups in total. The van der Waals surface area contributed by atoms with Gasteiger partial charge in [-0.1, -0.05) is 34.8 Å². The molecule has 2 rings (SSSR count). The van der Waals surface area contributed by atoms with E-state index in [1.807, 2.05) is 6.07 Å². The van der Waals surface area contributed by atoms with Gasteiger partial charge >= 0.3 is 0 Å². The van der Waals surface area contributed by atoms with Crippen molar-refractivity contribution < 1.29 is 0 Å². The summed E-state index contributed by atoms with van der Waals surface area (Å²) in [7, 11) is 0. The van der Waals surface area contributed by atoms with Gasteiger partial charge in [-0.3, -0.25) is 0 Å². The molecule has 92 valence electrons. The van der Waals surface area contributed by atoms with Crippen LogP contribution in [0.4, 0.5) is 5.69 Å². The lowest BCUT2D eigenvalue weighted by molar-refractivity contribution is 1.19. The summed E-state index contributed by atoms with van der Waals surface area (Å²) in [6, 6.07) is 9.08. The van der Waals surface area contributed by atoms with E-state index in [2.05, 4.69) is 11.4 Å². The second-order valence-corrected chi connectivity index (χ2v) is 5.87. The van der Waals surface area contributed by atoms with Gasteiger partial charge in [-0.25, -0.2) is 0 Å². The highest BCUT2D eigenvalue weighted by Crippen LogP contribution is 2.32. The number of nitrogens with zero attached hydrogens (tertiary/aromatic N) is 1. The number of benzene rings is 1. The topological polar surface area (TPSA) is 35.8 Å². The van der Waals surface area contributed by atoms with E-state index >= 15 is 0 Å². The monoisotopic (exact) mass is 316 g/mol. The first-order chi connectivity index (χ1) is 8.60. The van der Waals surface area contributed by atoms with Crippen molar-refractivity contribution >= 4 is 51.8 Å². The number of anilines is 1. The number of hydrogen-bond donors (Lipinski definition) is 1. The molecule has 2 nitrogen and oxygen atoms in total. The molecule has 0 atom stereocenters. The fourth-order valence-corrected chi connectivity index (χ4v) is 2.73. The van der Waals surface area contributed by atoms with Crippen LogP contribution in [0, 0.1) is 11.3 Å². The van der Waals surface area contributed by atoms with Crippen LogP contribution < -0.4 is 5.32 Å². The average molecular weight is 318 g/mol. The quantitative estimate of drug-likeness (QED) is 0.790. The number of thiophene rings is 1. The van der Waals surface area contributed by atoms with E-state index in [0.717, 1.165) is 10.6 Å². The van der Waals surface area contributed by atoms with Gasteiger partial charge in [0, 0.05) is 11.4 Å². The molecule has 1 heterocycles. The lowest BCUT2D eigenvalue weighted by Gasteiger charge is -2.08. The Labute approximate surface area is 124 Å². The van der Waals surface area contributed by atoms with Crippen LogP contribution in [0.15, 0.2) is 24.3 Å². The van der Waals surface area contributed by atoms with Gasteiger partial charge in [0.25, 0.3) is 0 Å². The second-order valence-electron chi connectivity index (χ2n) is 3.48. The van der Waals surface area contributed by atoms with Crippen molar-refractivity contribution in [3.05, 3.63) is 49.1 Å². The average Bonchev–Trinajstić information content (AvgIpc) is 2.80. The molecule has 0 unspecified atom stereocenters. The summed E-state index contributed by atoms with van der Waals surface area (Å²) in [6.07, 6.45) is 0. The molecular formula is C12H7Cl3N2S. The Morgan fingerprint density at radius 1 is 1.11 bits per heavy atom. The molecule has 0 saturated carbocycles. The third-order valence-corrected chi connectivity index (χ3v) is 4.26. The first-order valence-corrected chi connectivity index (χ1v) is 6.92. The number of hydrogen-bond acceptors (Lipinski definition) is 3. The van der Waals surface area contributed by atoms with Gasteiger partial charge in [0.05, 0.1) is 20.8 Å². The smallest absolute Gasteiger partial charge is 0.110 e. The molecule has 1 aromatic heterocycles. The summed E-state index contributed by atoms with van der Waals surface area (Å²) < 4.78 is 0. The minimum atomic E-state index is 0.426. The standard InChI is InChI=1S/C12H7Cl3N2S/c13-9-3-11(15)12(4-10(9)14)17-6-8-2-1-7(5-16)18-8/h1-4,17H,6H2. The van der Waals surface area contributed by atoms with Gasteiger partial charge in [0.2, 0.25) is 0 Å². The minimum Gasteiger partial charge on any atom is -0.379 e. The zero-order valence-corrected chi connectivity index (χ0v) is 12.1. The number of nitrogens with one attached hydrogen (secondary N) is 1. The van der Waals surface area contributed by atoms with Crippen molar-refractivity contribution in [2.24, 2.45) is 0 Å². The number of halogens is 3. The highest BCUT2D eigenvalue weighted by Gasteiger charge is 2.06. The van der Waals surface area contributed by atoms with Crippen molar-refractivity contribution in [3.8, 4) is 6.07 Å². The van der Waals surface area contributed by atoms with E-state index < -0.39 is 0 Å². The highest BCUT2D eigenvalue weighted by molar-refractivity contribution is 7.12. The number of nitriles is 1.